The lowest BCUT2D eigenvalue weighted by molar-refractivity contribution is -0.119. The summed E-state index contributed by atoms with van der Waals surface area (Å²) in [5.74, 6) is -0.547. The highest BCUT2D eigenvalue weighted by Crippen LogP contribution is 2.25. The molecule has 1 atom stereocenters. The molecule has 0 aliphatic carbocycles. The monoisotopic (exact) mass is 467 g/mol. The fourth-order valence-electron chi connectivity index (χ4n) is 3.03. The number of nitrogens with zero attached hydrogens (tertiary/aromatic N) is 4. The largest absolute Gasteiger partial charge is 0.321 e. The van der Waals surface area contributed by atoms with Gasteiger partial charge in [0, 0.05) is 11.2 Å². The Morgan fingerprint density at radius 2 is 2.14 bits per heavy atom. The summed E-state index contributed by atoms with van der Waals surface area (Å²) in [6, 6.07) is 3.85. The molecule has 1 N–H and O–H groups in total. The van der Waals surface area contributed by atoms with Gasteiger partial charge in [0.05, 0.1) is 34.3 Å². The second-order valence-electron chi connectivity index (χ2n) is 6.49. The maximum atomic E-state index is 13.3. The summed E-state index contributed by atoms with van der Waals surface area (Å²) in [5, 5.41) is 12.0. The van der Waals surface area contributed by atoms with Crippen molar-refractivity contribution in [3.63, 3.8) is 0 Å². The summed E-state index contributed by atoms with van der Waals surface area (Å²) in [7, 11) is 0. The Hall–Kier alpha value is -2.19. The SMILES string of the molecule is CCC(C(=O)Nc1c(C)nn(Cc2ccc(F)cc2Cl)c1C)n1cc(Br)cn1. The zero-order valence-corrected chi connectivity index (χ0v) is 18.1. The van der Waals surface area contributed by atoms with Gasteiger partial charge in [-0.3, -0.25) is 14.2 Å². The van der Waals surface area contributed by atoms with Gasteiger partial charge in [-0.2, -0.15) is 10.2 Å². The first-order valence-corrected chi connectivity index (χ1v) is 9.95. The third-order valence-electron chi connectivity index (χ3n) is 4.54. The molecule has 1 amide bonds. The molecule has 3 rings (SSSR count). The van der Waals surface area contributed by atoms with E-state index in [1.807, 2.05) is 20.8 Å². The van der Waals surface area contributed by atoms with Crippen LogP contribution in [0.5, 0.6) is 0 Å². The molecular formula is C19H20BrClFN5O. The number of carbonyl (C=O) groups excluding carboxylic acids is 1. The van der Waals surface area contributed by atoms with Crippen molar-refractivity contribution in [3.8, 4) is 0 Å². The molecular weight excluding hydrogens is 449 g/mol. The van der Waals surface area contributed by atoms with Crippen LogP contribution in [0.15, 0.2) is 35.1 Å². The van der Waals surface area contributed by atoms with Gasteiger partial charge in [-0.05, 0) is 53.9 Å². The molecule has 9 heteroatoms. The number of benzene rings is 1. The van der Waals surface area contributed by atoms with Crippen LogP contribution in [-0.4, -0.2) is 25.5 Å². The fraction of sp³-hybridized carbons (Fsp3) is 0.316. The van der Waals surface area contributed by atoms with Crippen molar-refractivity contribution in [2.45, 2.75) is 39.8 Å². The summed E-state index contributed by atoms with van der Waals surface area (Å²) < 4.78 is 17.5. The first-order valence-electron chi connectivity index (χ1n) is 8.78. The smallest absolute Gasteiger partial charge is 0.249 e. The minimum Gasteiger partial charge on any atom is -0.321 e. The Bertz CT molecular complexity index is 1020. The van der Waals surface area contributed by atoms with Gasteiger partial charge in [0.15, 0.2) is 0 Å². The van der Waals surface area contributed by atoms with E-state index in [-0.39, 0.29) is 11.7 Å². The van der Waals surface area contributed by atoms with Crippen LogP contribution in [0, 0.1) is 19.7 Å². The number of hydrogen-bond donors (Lipinski definition) is 1. The van der Waals surface area contributed by atoms with Crippen molar-refractivity contribution in [2.24, 2.45) is 0 Å². The van der Waals surface area contributed by atoms with Gasteiger partial charge >= 0.3 is 0 Å². The molecule has 0 radical (unpaired) electrons. The lowest BCUT2D eigenvalue weighted by Crippen LogP contribution is -2.26. The Labute approximate surface area is 175 Å². The average molecular weight is 469 g/mol. The van der Waals surface area contributed by atoms with Crippen molar-refractivity contribution in [2.75, 3.05) is 5.32 Å². The van der Waals surface area contributed by atoms with E-state index in [0.717, 1.165) is 15.7 Å². The summed E-state index contributed by atoms with van der Waals surface area (Å²) >= 11 is 9.48. The molecule has 2 aromatic heterocycles. The molecule has 3 aromatic rings. The lowest BCUT2D eigenvalue weighted by Gasteiger charge is -2.16. The predicted molar refractivity (Wildman–Crippen MR) is 110 cm³/mol. The van der Waals surface area contributed by atoms with Crippen molar-refractivity contribution in [1.82, 2.24) is 19.6 Å². The molecule has 0 saturated carbocycles. The molecule has 2 heterocycles. The van der Waals surface area contributed by atoms with Gasteiger partial charge in [-0.15, -0.1) is 0 Å². The van der Waals surface area contributed by atoms with E-state index in [4.69, 9.17) is 11.6 Å². The topological polar surface area (TPSA) is 64.7 Å². The molecule has 0 aliphatic rings. The van der Waals surface area contributed by atoms with E-state index in [1.54, 1.807) is 27.8 Å². The van der Waals surface area contributed by atoms with Gasteiger partial charge in [-0.25, -0.2) is 4.39 Å². The second kappa shape index (κ2) is 8.45. The van der Waals surface area contributed by atoms with Crippen LogP contribution < -0.4 is 5.32 Å². The van der Waals surface area contributed by atoms with Crippen molar-refractivity contribution in [3.05, 3.63) is 62.9 Å². The Balaban J connectivity index is 1.82. The number of aromatic nitrogens is 4. The molecule has 0 saturated heterocycles. The minimum atomic E-state index is -0.431. The maximum Gasteiger partial charge on any atom is 0.249 e. The lowest BCUT2D eigenvalue weighted by atomic mass is 10.2. The number of nitrogens with one attached hydrogen (secondary N) is 1. The molecule has 0 aliphatic heterocycles. The van der Waals surface area contributed by atoms with Gasteiger partial charge < -0.3 is 5.32 Å². The van der Waals surface area contributed by atoms with Crippen molar-refractivity contribution >= 4 is 39.1 Å². The predicted octanol–water partition coefficient (Wildman–Crippen LogP) is 4.89. The number of hydrogen-bond acceptors (Lipinski definition) is 3. The van der Waals surface area contributed by atoms with Gasteiger partial charge in [0.1, 0.15) is 11.9 Å². The number of aryl methyl sites for hydroxylation is 1. The van der Waals surface area contributed by atoms with Gasteiger partial charge in [0.2, 0.25) is 5.91 Å². The van der Waals surface area contributed by atoms with Crippen LogP contribution in [-0.2, 0) is 11.3 Å². The van der Waals surface area contributed by atoms with E-state index in [1.165, 1.54) is 12.1 Å². The summed E-state index contributed by atoms with van der Waals surface area (Å²) in [6.45, 7) is 6.01. The van der Waals surface area contributed by atoms with Crippen molar-refractivity contribution in [1.29, 1.82) is 0 Å². The van der Waals surface area contributed by atoms with Gasteiger partial charge in [0.25, 0.3) is 0 Å². The van der Waals surface area contributed by atoms with Crippen LogP contribution >= 0.6 is 27.5 Å². The van der Waals surface area contributed by atoms with Crippen LogP contribution in [0.4, 0.5) is 10.1 Å². The number of halogens is 3. The number of anilines is 1. The zero-order chi connectivity index (χ0) is 20.4. The molecule has 1 unspecified atom stereocenters. The Kier molecular flexibility index (Phi) is 6.20. The Morgan fingerprint density at radius 1 is 1.39 bits per heavy atom. The molecule has 6 nitrogen and oxygen atoms in total. The molecule has 148 valence electrons. The highest BCUT2D eigenvalue weighted by molar-refractivity contribution is 9.10. The molecule has 0 spiro atoms. The van der Waals surface area contributed by atoms with E-state index in [0.29, 0.717) is 29.4 Å². The van der Waals surface area contributed by atoms with Crippen LogP contribution in [0.3, 0.4) is 0 Å². The highest BCUT2D eigenvalue weighted by Gasteiger charge is 2.22. The number of rotatable bonds is 6. The third-order valence-corrected chi connectivity index (χ3v) is 5.30. The molecule has 1 aromatic carbocycles. The van der Waals surface area contributed by atoms with E-state index in [9.17, 15) is 9.18 Å². The fourth-order valence-corrected chi connectivity index (χ4v) is 3.56. The second-order valence-corrected chi connectivity index (χ2v) is 7.81. The number of amides is 1. The first-order chi connectivity index (χ1) is 13.3. The Morgan fingerprint density at radius 3 is 2.75 bits per heavy atom. The average Bonchev–Trinajstić information content (AvgIpc) is 3.17. The van der Waals surface area contributed by atoms with E-state index in [2.05, 4.69) is 31.4 Å². The van der Waals surface area contributed by atoms with E-state index >= 15 is 0 Å². The minimum absolute atomic E-state index is 0.163. The molecule has 0 bridgehead atoms. The maximum absolute atomic E-state index is 13.3. The quantitative estimate of drug-likeness (QED) is 0.560. The van der Waals surface area contributed by atoms with Crippen LogP contribution in [0.25, 0.3) is 0 Å². The van der Waals surface area contributed by atoms with E-state index < -0.39 is 6.04 Å². The summed E-state index contributed by atoms with van der Waals surface area (Å²) in [5.41, 5.74) is 2.90. The summed E-state index contributed by atoms with van der Waals surface area (Å²) in [6.07, 6.45) is 4.02. The molecule has 0 fully saturated rings. The summed E-state index contributed by atoms with van der Waals surface area (Å²) in [4.78, 5) is 12.8. The van der Waals surface area contributed by atoms with Crippen LogP contribution in [0.1, 0.15) is 36.3 Å². The normalized spacial score (nSPS) is 12.2. The number of carbonyl (C=O) groups is 1. The van der Waals surface area contributed by atoms with Crippen LogP contribution in [0.2, 0.25) is 5.02 Å². The zero-order valence-electron chi connectivity index (χ0n) is 15.7. The molecule has 28 heavy (non-hydrogen) atoms. The first kappa shape index (κ1) is 20.5. The standard InChI is InChI=1S/C19H20BrClFN5O/c1-4-17(27-10-14(20)8-23-27)19(28)24-18-11(2)25-26(12(18)3)9-13-5-6-15(22)7-16(13)21/h5-8,10,17H,4,9H2,1-3H3,(H,24,28). The highest BCUT2D eigenvalue weighted by atomic mass is 79.9. The third kappa shape index (κ3) is 4.28. The van der Waals surface area contributed by atoms with Crippen molar-refractivity contribution < 1.29 is 9.18 Å². The van der Waals surface area contributed by atoms with Gasteiger partial charge in [-0.1, -0.05) is 24.6 Å².